The molecule has 0 bridgehead atoms. The third-order valence-electron chi connectivity index (χ3n) is 1.84. The van der Waals surface area contributed by atoms with Crippen LogP contribution < -0.4 is 4.74 Å². The summed E-state index contributed by atoms with van der Waals surface area (Å²) < 4.78 is 5.24. The van der Waals surface area contributed by atoms with E-state index in [2.05, 4.69) is 11.8 Å². The lowest BCUT2D eigenvalue weighted by Crippen LogP contribution is -2.03. The highest BCUT2D eigenvalue weighted by Crippen LogP contribution is 2.19. The molecule has 0 radical (unpaired) electrons. The smallest absolute Gasteiger partial charge is 0.339 e. The number of hydrogen-bond donors (Lipinski definition) is 1. The van der Waals surface area contributed by atoms with Crippen molar-refractivity contribution < 1.29 is 14.6 Å². The molecule has 1 aromatic carbocycles. The summed E-state index contributed by atoms with van der Waals surface area (Å²) in [6, 6.07) is 5.04. The molecular formula is C12H12O3. The highest BCUT2D eigenvalue weighted by atomic mass is 16.5. The van der Waals surface area contributed by atoms with Crippen LogP contribution in [0.4, 0.5) is 0 Å². The second kappa shape index (κ2) is 5.06. The van der Waals surface area contributed by atoms with Crippen LogP contribution >= 0.6 is 0 Å². The number of benzene rings is 1. The molecule has 0 aliphatic carbocycles. The van der Waals surface area contributed by atoms with Crippen LogP contribution in [0.5, 0.6) is 5.75 Å². The molecule has 1 aromatic rings. The summed E-state index contributed by atoms with van der Waals surface area (Å²) in [6.45, 7) is 3.75. The van der Waals surface area contributed by atoms with Crippen molar-refractivity contribution in [2.75, 3.05) is 6.61 Å². The van der Waals surface area contributed by atoms with E-state index >= 15 is 0 Å². The fourth-order valence-electron chi connectivity index (χ4n) is 1.12. The van der Waals surface area contributed by atoms with Crippen LogP contribution in [0.15, 0.2) is 18.2 Å². The van der Waals surface area contributed by atoms with Crippen LogP contribution in [-0.4, -0.2) is 17.7 Å². The van der Waals surface area contributed by atoms with Crippen LogP contribution in [0, 0.1) is 18.8 Å². The average Bonchev–Trinajstić information content (AvgIpc) is 2.20. The molecule has 78 valence electrons. The molecule has 3 nitrogen and oxygen atoms in total. The Balaban J connectivity index is 2.94. The van der Waals surface area contributed by atoms with Gasteiger partial charge in [-0.2, -0.15) is 0 Å². The number of aryl methyl sites for hydroxylation is 1. The van der Waals surface area contributed by atoms with Gasteiger partial charge in [0.05, 0.1) is 0 Å². The first-order chi connectivity index (χ1) is 7.15. The third kappa shape index (κ3) is 3.03. The molecule has 0 atom stereocenters. The summed E-state index contributed by atoms with van der Waals surface area (Å²) >= 11 is 0. The molecule has 0 saturated heterocycles. The Kier molecular flexibility index (Phi) is 3.75. The Morgan fingerprint density at radius 3 is 2.87 bits per heavy atom. The summed E-state index contributed by atoms with van der Waals surface area (Å²) in [5.41, 5.74) is 1.06. The number of carboxylic acids is 1. The number of aromatic carboxylic acids is 1. The van der Waals surface area contributed by atoms with Crippen molar-refractivity contribution in [1.29, 1.82) is 0 Å². The van der Waals surface area contributed by atoms with Crippen molar-refractivity contribution in [2.45, 2.75) is 13.8 Å². The third-order valence-corrected chi connectivity index (χ3v) is 1.84. The van der Waals surface area contributed by atoms with Gasteiger partial charge in [-0.25, -0.2) is 4.79 Å². The van der Waals surface area contributed by atoms with Crippen molar-refractivity contribution in [1.82, 2.24) is 0 Å². The van der Waals surface area contributed by atoms with Crippen molar-refractivity contribution in [2.24, 2.45) is 0 Å². The first-order valence-electron chi connectivity index (χ1n) is 4.51. The number of ether oxygens (including phenoxy) is 1. The van der Waals surface area contributed by atoms with E-state index in [0.29, 0.717) is 5.75 Å². The predicted molar refractivity (Wildman–Crippen MR) is 57.1 cm³/mol. The number of carbonyl (C=O) groups is 1. The number of carboxylic acid groups (broad SMARTS) is 1. The van der Waals surface area contributed by atoms with Gasteiger partial charge in [0.2, 0.25) is 0 Å². The van der Waals surface area contributed by atoms with E-state index in [0.717, 1.165) is 5.56 Å². The second-order valence-corrected chi connectivity index (χ2v) is 3.02. The van der Waals surface area contributed by atoms with E-state index in [-0.39, 0.29) is 12.2 Å². The minimum absolute atomic E-state index is 0.174. The molecule has 1 N–H and O–H groups in total. The Hall–Kier alpha value is -1.95. The molecule has 0 aliphatic heterocycles. The van der Waals surface area contributed by atoms with E-state index < -0.39 is 5.97 Å². The van der Waals surface area contributed by atoms with Gasteiger partial charge in [0.25, 0.3) is 0 Å². The summed E-state index contributed by atoms with van der Waals surface area (Å²) in [5, 5.41) is 8.93. The molecule has 15 heavy (non-hydrogen) atoms. The summed E-state index contributed by atoms with van der Waals surface area (Å²) in [6.07, 6.45) is 0. The van der Waals surface area contributed by atoms with E-state index in [1.54, 1.807) is 25.1 Å². The van der Waals surface area contributed by atoms with Gasteiger partial charge in [-0.15, -0.1) is 5.92 Å². The number of rotatable bonds is 3. The zero-order valence-corrected chi connectivity index (χ0v) is 8.70. The normalized spacial score (nSPS) is 8.93. The van der Waals surface area contributed by atoms with Gasteiger partial charge in [-0.1, -0.05) is 17.6 Å². The molecule has 0 heterocycles. The average molecular weight is 204 g/mol. The topological polar surface area (TPSA) is 46.5 Å². The maximum Gasteiger partial charge on any atom is 0.339 e. The maximum absolute atomic E-state index is 10.9. The second-order valence-electron chi connectivity index (χ2n) is 3.02. The van der Waals surface area contributed by atoms with Crippen LogP contribution in [-0.2, 0) is 0 Å². The predicted octanol–water partition coefficient (Wildman–Crippen LogP) is 2.10. The van der Waals surface area contributed by atoms with Gasteiger partial charge < -0.3 is 9.84 Å². The first kappa shape index (κ1) is 11.1. The first-order valence-corrected chi connectivity index (χ1v) is 4.51. The van der Waals surface area contributed by atoms with Gasteiger partial charge in [0.1, 0.15) is 17.9 Å². The van der Waals surface area contributed by atoms with Crippen molar-refractivity contribution in [3.63, 3.8) is 0 Å². The van der Waals surface area contributed by atoms with Gasteiger partial charge in [0.15, 0.2) is 0 Å². The fraction of sp³-hybridized carbons (Fsp3) is 0.250. The molecule has 0 amide bonds. The lowest BCUT2D eigenvalue weighted by molar-refractivity contribution is 0.0693. The minimum Gasteiger partial charge on any atom is -0.480 e. The largest absolute Gasteiger partial charge is 0.480 e. The van der Waals surface area contributed by atoms with Crippen molar-refractivity contribution >= 4 is 5.97 Å². The fourth-order valence-corrected chi connectivity index (χ4v) is 1.12. The SMILES string of the molecule is CC#CCOc1ccc(C)cc1C(=O)O. The van der Waals surface area contributed by atoms with Crippen molar-refractivity contribution in [3.05, 3.63) is 29.3 Å². The Labute approximate surface area is 88.7 Å². The van der Waals surface area contributed by atoms with E-state index in [1.165, 1.54) is 0 Å². The van der Waals surface area contributed by atoms with Crippen LogP contribution in [0.2, 0.25) is 0 Å². The zero-order valence-electron chi connectivity index (χ0n) is 8.70. The molecule has 0 fully saturated rings. The van der Waals surface area contributed by atoms with Gasteiger partial charge >= 0.3 is 5.97 Å². The molecule has 0 saturated carbocycles. The van der Waals surface area contributed by atoms with Gasteiger partial charge in [-0.3, -0.25) is 0 Å². The highest BCUT2D eigenvalue weighted by molar-refractivity contribution is 5.91. The van der Waals surface area contributed by atoms with Crippen LogP contribution in [0.3, 0.4) is 0 Å². The van der Waals surface area contributed by atoms with E-state index in [1.807, 2.05) is 6.92 Å². The Morgan fingerprint density at radius 2 is 2.27 bits per heavy atom. The molecular weight excluding hydrogens is 192 g/mol. The molecule has 3 heteroatoms. The summed E-state index contributed by atoms with van der Waals surface area (Å²) in [7, 11) is 0. The molecule has 1 rings (SSSR count). The van der Waals surface area contributed by atoms with Gasteiger partial charge in [-0.05, 0) is 26.0 Å². The van der Waals surface area contributed by atoms with Crippen LogP contribution in [0.25, 0.3) is 0 Å². The highest BCUT2D eigenvalue weighted by Gasteiger charge is 2.10. The van der Waals surface area contributed by atoms with E-state index in [4.69, 9.17) is 9.84 Å². The number of hydrogen-bond acceptors (Lipinski definition) is 2. The molecule has 0 aromatic heterocycles. The summed E-state index contributed by atoms with van der Waals surface area (Å²) in [5.74, 6) is 4.76. The minimum atomic E-state index is -0.988. The zero-order chi connectivity index (χ0) is 11.3. The molecule has 0 spiro atoms. The van der Waals surface area contributed by atoms with Crippen LogP contribution in [0.1, 0.15) is 22.8 Å². The lowest BCUT2D eigenvalue weighted by Gasteiger charge is -2.06. The summed E-state index contributed by atoms with van der Waals surface area (Å²) in [4.78, 5) is 10.9. The molecule has 0 unspecified atom stereocenters. The standard InChI is InChI=1S/C12H12O3/c1-3-4-7-15-11-6-5-9(2)8-10(11)12(13)14/h5-6,8H,7H2,1-2H3,(H,13,14). The molecule has 0 aliphatic rings. The Morgan fingerprint density at radius 1 is 1.53 bits per heavy atom. The van der Waals surface area contributed by atoms with Gasteiger partial charge in [0, 0.05) is 0 Å². The van der Waals surface area contributed by atoms with E-state index in [9.17, 15) is 4.79 Å². The lowest BCUT2D eigenvalue weighted by atomic mass is 10.1. The van der Waals surface area contributed by atoms with Crippen molar-refractivity contribution in [3.8, 4) is 17.6 Å². The Bertz CT molecular complexity index is 424. The maximum atomic E-state index is 10.9. The quantitative estimate of drug-likeness (QED) is 0.767. The monoisotopic (exact) mass is 204 g/mol.